The lowest BCUT2D eigenvalue weighted by Gasteiger charge is -2.09. The van der Waals surface area contributed by atoms with Gasteiger partial charge in [0, 0.05) is 12.8 Å². The van der Waals surface area contributed by atoms with Gasteiger partial charge in [-0.2, -0.15) is 0 Å². The van der Waals surface area contributed by atoms with Crippen LogP contribution in [-0.4, -0.2) is 12.9 Å². The van der Waals surface area contributed by atoms with Gasteiger partial charge in [-0.25, -0.2) is 0 Å². The van der Waals surface area contributed by atoms with Crippen LogP contribution in [0.15, 0.2) is 24.3 Å². The summed E-state index contributed by atoms with van der Waals surface area (Å²) >= 11 is 0. The van der Waals surface area contributed by atoms with Gasteiger partial charge in [-0.15, -0.1) is 12.3 Å². The lowest BCUT2D eigenvalue weighted by atomic mass is 9.97. The van der Waals surface area contributed by atoms with Gasteiger partial charge in [0.05, 0.1) is 12.7 Å². The van der Waals surface area contributed by atoms with Crippen molar-refractivity contribution in [2.45, 2.75) is 19.8 Å². The third-order valence-electron chi connectivity index (χ3n) is 2.41. The number of Topliss-reactive ketones (excluding diaryl/α,β-unsaturated/α-hetero) is 1. The van der Waals surface area contributed by atoms with E-state index in [-0.39, 0.29) is 11.7 Å². The van der Waals surface area contributed by atoms with Gasteiger partial charge < -0.3 is 4.74 Å². The summed E-state index contributed by atoms with van der Waals surface area (Å²) in [5, 5.41) is 0. The zero-order chi connectivity index (χ0) is 12.0. The predicted molar refractivity (Wildman–Crippen MR) is 64.6 cm³/mol. The standard InChI is InChI=1S/C14H16O2/c1-4-7-11(2)10-13(15)12-8-5-6-9-14(12)16-3/h1,5-6,8-9,11H,7,10H2,2-3H3. The molecule has 1 aromatic carbocycles. The topological polar surface area (TPSA) is 26.3 Å². The third-order valence-corrected chi connectivity index (χ3v) is 2.41. The second-order valence-corrected chi connectivity index (χ2v) is 3.84. The molecule has 0 bridgehead atoms. The van der Waals surface area contributed by atoms with Crippen LogP contribution in [-0.2, 0) is 0 Å². The summed E-state index contributed by atoms with van der Waals surface area (Å²) in [7, 11) is 1.57. The molecule has 0 aliphatic rings. The Labute approximate surface area is 96.6 Å². The van der Waals surface area contributed by atoms with E-state index >= 15 is 0 Å². The number of hydrogen-bond acceptors (Lipinski definition) is 2. The molecule has 0 fully saturated rings. The van der Waals surface area contributed by atoms with Gasteiger partial charge in [0.25, 0.3) is 0 Å². The lowest BCUT2D eigenvalue weighted by Crippen LogP contribution is -2.07. The van der Waals surface area contributed by atoms with Gasteiger partial charge in [0.15, 0.2) is 5.78 Å². The van der Waals surface area contributed by atoms with Crippen molar-refractivity contribution in [2.24, 2.45) is 5.92 Å². The summed E-state index contributed by atoms with van der Waals surface area (Å²) in [5.41, 5.74) is 0.633. The maximum absolute atomic E-state index is 12.0. The van der Waals surface area contributed by atoms with E-state index in [0.717, 1.165) is 0 Å². The maximum atomic E-state index is 12.0. The number of hydrogen-bond donors (Lipinski definition) is 0. The van der Waals surface area contributed by atoms with E-state index in [1.165, 1.54) is 0 Å². The minimum absolute atomic E-state index is 0.0835. The van der Waals surface area contributed by atoms with E-state index in [4.69, 9.17) is 11.2 Å². The first-order chi connectivity index (χ1) is 7.69. The van der Waals surface area contributed by atoms with Crippen LogP contribution in [0, 0.1) is 18.3 Å². The van der Waals surface area contributed by atoms with Crippen LogP contribution >= 0.6 is 0 Å². The van der Waals surface area contributed by atoms with Crippen molar-refractivity contribution < 1.29 is 9.53 Å². The van der Waals surface area contributed by atoms with Gasteiger partial charge in [0.1, 0.15) is 5.75 Å². The predicted octanol–water partition coefficient (Wildman–Crippen LogP) is 2.93. The fraction of sp³-hybridized carbons (Fsp3) is 0.357. The van der Waals surface area contributed by atoms with E-state index in [1.807, 2.05) is 19.1 Å². The molecule has 0 heterocycles. The molecule has 1 rings (SSSR count). The normalized spacial score (nSPS) is 11.6. The highest BCUT2D eigenvalue weighted by Crippen LogP contribution is 2.21. The number of terminal acetylenes is 1. The number of rotatable bonds is 5. The zero-order valence-electron chi connectivity index (χ0n) is 9.69. The molecular formula is C14H16O2. The number of para-hydroxylation sites is 1. The SMILES string of the molecule is C#CCC(C)CC(=O)c1ccccc1OC. The first-order valence-corrected chi connectivity index (χ1v) is 5.28. The van der Waals surface area contributed by atoms with Crippen molar-refractivity contribution in [1.29, 1.82) is 0 Å². The van der Waals surface area contributed by atoms with Gasteiger partial charge >= 0.3 is 0 Å². The lowest BCUT2D eigenvalue weighted by molar-refractivity contribution is 0.0962. The van der Waals surface area contributed by atoms with E-state index in [0.29, 0.717) is 24.2 Å². The first kappa shape index (κ1) is 12.3. The van der Waals surface area contributed by atoms with Crippen molar-refractivity contribution in [3.05, 3.63) is 29.8 Å². The first-order valence-electron chi connectivity index (χ1n) is 5.28. The van der Waals surface area contributed by atoms with Crippen LogP contribution in [0.4, 0.5) is 0 Å². The molecule has 2 nitrogen and oxygen atoms in total. The molecule has 1 unspecified atom stereocenters. The minimum atomic E-state index is 0.0835. The number of benzene rings is 1. The van der Waals surface area contributed by atoms with Crippen molar-refractivity contribution in [1.82, 2.24) is 0 Å². The Morgan fingerprint density at radius 3 is 2.81 bits per heavy atom. The second-order valence-electron chi connectivity index (χ2n) is 3.84. The molecule has 1 atom stereocenters. The summed E-state index contributed by atoms with van der Waals surface area (Å²) in [6.45, 7) is 1.98. The molecule has 0 N–H and O–H groups in total. The molecule has 0 radical (unpaired) electrons. The van der Waals surface area contributed by atoms with Gasteiger partial charge in [-0.3, -0.25) is 4.79 Å². The number of carbonyl (C=O) groups excluding carboxylic acids is 1. The maximum Gasteiger partial charge on any atom is 0.166 e. The molecule has 0 aliphatic carbocycles. The number of carbonyl (C=O) groups is 1. The van der Waals surface area contributed by atoms with E-state index in [1.54, 1.807) is 19.2 Å². The third kappa shape index (κ3) is 3.13. The number of ether oxygens (including phenoxy) is 1. The van der Waals surface area contributed by atoms with Crippen molar-refractivity contribution in [3.63, 3.8) is 0 Å². The highest BCUT2D eigenvalue weighted by atomic mass is 16.5. The molecule has 1 aromatic rings. The summed E-state index contributed by atoms with van der Waals surface area (Å²) in [6, 6.07) is 7.25. The Morgan fingerprint density at radius 2 is 2.19 bits per heavy atom. The highest BCUT2D eigenvalue weighted by molar-refractivity contribution is 5.98. The second kappa shape index (κ2) is 5.97. The van der Waals surface area contributed by atoms with E-state index < -0.39 is 0 Å². The molecule has 0 saturated carbocycles. The van der Waals surface area contributed by atoms with Crippen LogP contribution in [0.1, 0.15) is 30.1 Å². The summed E-state index contributed by atoms with van der Waals surface area (Å²) in [5.74, 6) is 3.49. The largest absolute Gasteiger partial charge is 0.496 e. The van der Waals surface area contributed by atoms with Crippen LogP contribution in [0.2, 0.25) is 0 Å². The highest BCUT2D eigenvalue weighted by Gasteiger charge is 2.14. The minimum Gasteiger partial charge on any atom is -0.496 e. The molecule has 16 heavy (non-hydrogen) atoms. The summed E-state index contributed by atoms with van der Waals surface area (Å²) in [4.78, 5) is 12.0. The summed E-state index contributed by atoms with van der Waals surface area (Å²) in [6.07, 6.45) is 6.30. The van der Waals surface area contributed by atoms with Crippen molar-refractivity contribution >= 4 is 5.78 Å². The zero-order valence-corrected chi connectivity index (χ0v) is 9.69. The van der Waals surface area contributed by atoms with Gasteiger partial charge in [0.2, 0.25) is 0 Å². The molecule has 84 valence electrons. The molecule has 0 aliphatic heterocycles. The fourth-order valence-electron chi connectivity index (χ4n) is 1.57. The van der Waals surface area contributed by atoms with Gasteiger partial charge in [-0.05, 0) is 18.1 Å². The van der Waals surface area contributed by atoms with Crippen LogP contribution < -0.4 is 4.74 Å². The quantitative estimate of drug-likeness (QED) is 0.558. The van der Waals surface area contributed by atoms with E-state index in [2.05, 4.69) is 5.92 Å². The molecular weight excluding hydrogens is 200 g/mol. The molecule has 0 saturated heterocycles. The number of methoxy groups -OCH3 is 1. The average molecular weight is 216 g/mol. The Kier molecular flexibility index (Phi) is 4.60. The molecule has 0 spiro atoms. The van der Waals surface area contributed by atoms with Crippen LogP contribution in [0.25, 0.3) is 0 Å². The van der Waals surface area contributed by atoms with Crippen molar-refractivity contribution in [2.75, 3.05) is 7.11 Å². The smallest absolute Gasteiger partial charge is 0.166 e. The molecule has 0 amide bonds. The average Bonchev–Trinajstić information content (AvgIpc) is 2.29. The molecule has 2 heteroatoms. The Morgan fingerprint density at radius 1 is 1.50 bits per heavy atom. The monoisotopic (exact) mass is 216 g/mol. The number of ketones is 1. The van der Waals surface area contributed by atoms with Gasteiger partial charge in [-0.1, -0.05) is 19.1 Å². The van der Waals surface area contributed by atoms with Crippen molar-refractivity contribution in [3.8, 4) is 18.1 Å². The van der Waals surface area contributed by atoms with E-state index in [9.17, 15) is 4.79 Å². The molecule has 0 aromatic heterocycles. The summed E-state index contributed by atoms with van der Waals surface area (Å²) < 4.78 is 5.15. The Hall–Kier alpha value is -1.75. The Bertz CT molecular complexity index is 401. The Balaban J connectivity index is 2.77. The van der Waals surface area contributed by atoms with Crippen LogP contribution in [0.3, 0.4) is 0 Å². The van der Waals surface area contributed by atoms with Crippen LogP contribution in [0.5, 0.6) is 5.75 Å². The fourth-order valence-corrected chi connectivity index (χ4v) is 1.57.